The lowest BCUT2D eigenvalue weighted by molar-refractivity contribution is -0.119. The highest BCUT2D eigenvalue weighted by molar-refractivity contribution is 5.73. The van der Waals surface area contributed by atoms with Gasteiger partial charge in [0.15, 0.2) is 5.82 Å². The summed E-state index contributed by atoms with van der Waals surface area (Å²) in [6.45, 7) is 10.6. The molecule has 1 aromatic carbocycles. The molecule has 3 rings (SSSR count). The third-order valence-corrected chi connectivity index (χ3v) is 5.47. The molecule has 1 fully saturated rings. The maximum Gasteiger partial charge on any atom is 0.227 e. The van der Waals surface area contributed by atoms with Crippen LogP contribution in [0, 0.1) is 11.3 Å². The van der Waals surface area contributed by atoms with Crippen LogP contribution < -0.4 is 19.9 Å². The number of ether oxygens (including phenoxy) is 1. The average molecular weight is 423 g/mol. The van der Waals surface area contributed by atoms with Gasteiger partial charge in [-0.25, -0.2) is 4.98 Å². The van der Waals surface area contributed by atoms with Crippen LogP contribution in [-0.4, -0.2) is 48.2 Å². The zero-order valence-corrected chi connectivity index (χ0v) is 18.6. The number of aromatic nitrogens is 2. The monoisotopic (exact) mass is 422 g/mol. The van der Waals surface area contributed by atoms with Crippen LogP contribution in [0.1, 0.15) is 51.3 Å². The first-order valence-electron chi connectivity index (χ1n) is 10.8. The van der Waals surface area contributed by atoms with Gasteiger partial charge in [0.2, 0.25) is 11.9 Å². The third-order valence-electron chi connectivity index (χ3n) is 5.47. The summed E-state index contributed by atoms with van der Waals surface area (Å²) in [6.07, 6.45) is 2.47. The summed E-state index contributed by atoms with van der Waals surface area (Å²) in [5.74, 6) is 2.05. The molecule has 1 aliphatic heterocycles. The van der Waals surface area contributed by atoms with Crippen molar-refractivity contribution in [1.29, 1.82) is 5.26 Å². The van der Waals surface area contributed by atoms with E-state index in [0.29, 0.717) is 23.9 Å². The molecule has 0 aliphatic carbocycles. The Hall–Kier alpha value is -3.34. The van der Waals surface area contributed by atoms with Crippen molar-refractivity contribution in [3.63, 3.8) is 0 Å². The topological polar surface area (TPSA) is 94.4 Å². The molecule has 2 atom stereocenters. The van der Waals surface area contributed by atoms with Crippen LogP contribution >= 0.6 is 0 Å². The second kappa shape index (κ2) is 10.1. The molecule has 0 radical (unpaired) electrons. The van der Waals surface area contributed by atoms with Gasteiger partial charge in [0, 0.05) is 33.0 Å². The third kappa shape index (κ3) is 5.43. The Balaban J connectivity index is 1.67. The van der Waals surface area contributed by atoms with Crippen molar-refractivity contribution in [3.05, 3.63) is 41.6 Å². The van der Waals surface area contributed by atoms with Crippen LogP contribution in [0.5, 0.6) is 5.75 Å². The summed E-state index contributed by atoms with van der Waals surface area (Å²) in [5.41, 5.74) is 1.51. The Labute approximate surface area is 183 Å². The molecule has 0 bridgehead atoms. The van der Waals surface area contributed by atoms with E-state index in [-0.39, 0.29) is 18.1 Å². The summed E-state index contributed by atoms with van der Waals surface area (Å²) in [4.78, 5) is 24.5. The van der Waals surface area contributed by atoms with Gasteiger partial charge in [0.1, 0.15) is 23.5 Å². The Bertz CT molecular complexity index is 936. The molecule has 2 heterocycles. The van der Waals surface area contributed by atoms with Gasteiger partial charge in [-0.3, -0.25) is 4.79 Å². The van der Waals surface area contributed by atoms with E-state index in [1.54, 1.807) is 6.20 Å². The highest BCUT2D eigenvalue weighted by Crippen LogP contribution is 2.27. The zero-order valence-electron chi connectivity index (χ0n) is 18.6. The zero-order chi connectivity index (χ0) is 22.4. The largest absolute Gasteiger partial charge is 0.489 e. The van der Waals surface area contributed by atoms with Crippen LogP contribution in [0.15, 0.2) is 30.5 Å². The van der Waals surface area contributed by atoms with E-state index in [4.69, 9.17) is 9.72 Å². The SMILES string of the molecule is CCN(CC)c1ncc(C#N)c(N2CC[C@@H](Oc3ccc([C@H](C)NC(C)=O)cc3)C2)n1. The molecule has 31 heavy (non-hydrogen) atoms. The summed E-state index contributed by atoms with van der Waals surface area (Å²) >= 11 is 0. The molecule has 2 aromatic rings. The number of nitriles is 1. The van der Waals surface area contributed by atoms with Crippen LogP contribution in [0.3, 0.4) is 0 Å². The minimum absolute atomic E-state index is 0.0111. The summed E-state index contributed by atoms with van der Waals surface area (Å²) in [5, 5.41) is 12.4. The van der Waals surface area contributed by atoms with E-state index in [2.05, 4.69) is 40.0 Å². The van der Waals surface area contributed by atoms with Gasteiger partial charge in [0.25, 0.3) is 0 Å². The van der Waals surface area contributed by atoms with E-state index < -0.39 is 0 Å². The lowest BCUT2D eigenvalue weighted by Gasteiger charge is -2.23. The van der Waals surface area contributed by atoms with E-state index >= 15 is 0 Å². The number of hydrogen-bond acceptors (Lipinski definition) is 7. The summed E-state index contributed by atoms with van der Waals surface area (Å²) in [6, 6.07) is 9.97. The van der Waals surface area contributed by atoms with Gasteiger partial charge < -0.3 is 19.9 Å². The fourth-order valence-electron chi connectivity index (χ4n) is 3.78. The maximum atomic E-state index is 11.2. The number of nitrogens with zero attached hydrogens (tertiary/aromatic N) is 5. The lowest BCUT2D eigenvalue weighted by Crippen LogP contribution is -2.28. The van der Waals surface area contributed by atoms with Crippen molar-refractivity contribution in [1.82, 2.24) is 15.3 Å². The Morgan fingerprint density at radius 1 is 1.35 bits per heavy atom. The second-order valence-corrected chi connectivity index (χ2v) is 7.66. The number of carbonyl (C=O) groups excluding carboxylic acids is 1. The molecule has 8 heteroatoms. The molecule has 1 amide bonds. The molecular formula is C23H30N6O2. The number of anilines is 2. The number of benzene rings is 1. The minimum Gasteiger partial charge on any atom is -0.489 e. The average Bonchev–Trinajstić information content (AvgIpc) is 3.23. The highest BCUT2D eigenvalue weighted by Gasteiger charge is 2.27. The predicted molar refractivity (Wildman–Crippen MR) is 120 cm³/mol. The second-order valence-electron chi connectivity index (χ2n) is 7.66. The lowest BCUT2D eigenvalue weighted by atomic mass is 10.1. The standard InChI is InChI=1S/C23H30N6O2/c1-5-28(6-2)23-25-14-19(13-24)22(27-23)29-12-11-21(15-29)31-20-9-7-18(8-10-20)16(3)26-17(4)30/h7-10,14,16,21H,5-6,11-12,15H2,1-4H3,(H,26,30)/t16-,21+/m0/s1. The minimum atomic E-state index is -0.0514. The van der Waals surface area contributed by atoms with Crippen molar-refractivity contribution in [2.75, 3.05) is 36.0 Å². The van der Waals surface area contributed by atoms with E-state index in [1.165, 1.54) is 6.92 Å². The van der Waals surface area contributed by atoms with Gasteiger partial charge in [0.05, 0.1) is 18.8 Å². The Kier molecular flexibility index (Phi) is 7.29. The summed E-state index contributed by atoms with van der Waals surface area (Å²) < 4.78 is 6.17. The molecule has 0 spiro atoms. The molecule has 8 nitrogen and oxygen atoms in total. The fraction of sp³-hybridized carbons (Fsp3) is 0.478. The predicted octanol–water partition coefficient (Wildman–Crippen LogP) is 3.05. The van der Waals surface area contributed by atoms with Crippen LogP contribution in [-0.2, 0) is 4.79 Å². The van der Waals surface area contributed by atoms with Crippen LogP contribution in [0.4, 0.5) is 11.8 Å². The molecular weight excluding hydrogens is 392 g/mol. The maximum absolute atomic E-state index is 11.2. The molecule has 0 unspecified atom stereocenters. The first-order valence-corrected chi connectivity index (χ1v) is 10.8. The van der Waals surface area contributed by atoms with Gasteiger partial charge in [-0.1, -0.05) is 12.1 Å². The smallest absolute Gasteiger partial charge is 0.227 e. The molecule has 164 valence electrons. The number of amides is 1. The normalized spacial score (nSPS) is 16.5. The number of hydrogen-bond donors (Lipinski definition) is 1. The molecule has 0 saturated carbocycles. The summed E-state index contributed by atoms with van der Waals surface area (Å²) in [7, 11) is 0. The first kappa shape index (κ1) is 22.3. The quantitative estimate of drug-likeness (QED) is 0.699. The van der Waals surface area contributed by atoms with Gasteiger partial charge >= 0.3 is 0 Å². The van der Waals surface area contributed by atoms with Crippen molar-refractivity contribution < 1.29 is 9.53 Å². The van der Waals surface area contributed by atoms with Gasteiger partial charge in [-0.2, -0.15) is 10.2 Å². The van der Waals surface area contributed by atoms with Crippen molar-refractivity contribution in [2.24, 2.45) is 0 Å². The van der Waals surface area contributed by atoms with Gasteiger partial charge in [-0.05, 0) is 38.5 Å². The van der Waals surface area contributed by atoms with Crippen LogP contribution in [0.25, 0.3) is 0 Å². The van der Waals surface area contributed by atoms with Crippen molar-refractivity contribution in [2.45, 2.75) is 46.3 Å². The Morgan fingerprint density at radius 3 is 2.68 bits per heavy atom. The highest BCUT2D eigenvalue weighted by atomic mass is 16.5. The molecule has 1 aromatic heterocycles. The number of nitrogens with one attached hydrogen (secondary N) is 1. The molecule has 1 aliphatic rings. The molecule has 1 N–H and O–H groups in total. The van der Waals surface area contributed by atoms with Crippen molar-refractivity contribution >= 4 is 17.7 Å². The van der Waals surface area contributed by atoms with Crippen molar-refractivity contribution in [3.8, 4) is 11.8 Å². The Morgan fingerprint density at radius 2 is 2.06 bits per heavy atom. The molecule has 1 saturated heterocycles. The van der Waals surface area contributed by atoms with E-state index in [1.807, 2.05) is 31.2 Å². The first-order chi connectivity index (χ1) is 14.9. The van der Waals surface area contributed by atoms with E-state index in [0.717, 1.165) is 37.4 Å². The number of carbonyl (C=O) groups is 1. The fourth-order valence-corrected chi connectivity index (χ4v) is 3.78. The van der Waals surface area contributed by atoms with E-state index in [9.17, 15) is 10.1 Å². The number of rotatable bonds is 8. The van der Waals surface area contributed by atoms with Gasteiger partial charge in [-0.15, -0.1) is 0 Å². The van der Waals surface area contributed by atoms with Crippen LogP contribution in [0.2, 0.25) is 0 Å².